The summed E-state index contributed by atoms with van der Waals surface area (Å²) < 4.78 is 63.4. The molecule has 2 aliphatic rings. The molecule has 1 saturated carbocycles. The molecule has 0 amide bonds. The van der Waals surface area contributed by atoms with Gasteiger partial charge in [-0.15, -0.1) is 0 Å². The van der Waals surface area contributed by atoms with E-state index in [1.807, 2.05) is 24.3 Å². The van der Waals surface area contributed by atoms with Crippen molar-refractivity contribution in [1.29, 1.82) is 0 Å². The Morgan fingerprint density at radius 1 is 1.06 bits per heavy atom. The molecule has 1 aliphatic heterocycles. The predicted octanol–water partition coefficient (Wildman–Crippen LogP) is 4.94. The Hall–Kier alpha value is -2.62. The molecule has 2 fully saturated rings. The van der Waals surface area contributed by atoms with Crippen LogP contribution in [0.1, 0.15) is 25.7 Å². The lowest BCUT2D eigenvalue weighted by Gasteiger charge is -2.29. The highest BCUT2D eigenvalue weighted by atomic mass is 19.4. The minimum Gasteiger partial charge on any atom is -0.475 e. The Bertz CT molecular complexity index is 880. The first kappa shape index (κ1) is 22.6. The molecular weight excluding hydrogens is 428 g/mol. The summed E-state index contributed by atoms with van der Waals surface area (Å²) >= 11 is 0. The average molecular weight is 454 g/mol. The molecule has 0 spiro atoms. The number of halogens is 4. The van der Waals surface area contributed by atoms with E-state index in [1.54, 1.807) is 0 Å². The summed E-state index contributed by atoms with van der Waals surface area (Å²) in [4.78, 5) is 10.3. The molecule has 0 unspecified atom stereocenters. The van der Waals surface area contributed by atoms with Crippen LogP contribution in [-0.4, -0.2) is 49.1 Å². The quantitative estimate of drug-likeness (QED) is 0.624. The van der Waals surface area contributed by atoms with E-state index in [0.29, 0.717) is 26.1 Å². The van der Waals surface area contributed by atoms with Gasteiger partial charge in [0.1, 0.15) is 0 Å². The molecule has 32 heavy (non-hydrogen) atoms. The molecule has 10 heteroatoms. The van der Waals surface area contributed by atoms with Gasteiger partial charge in [-0.1, -0.05) is 0 Å². The maximum atomic E-state index is 14.1. The molecule has 0 atom stereocenters. The number of aromatic nitrogens is 2. The number of morpholine rings is 1. The van der Waals surface area contributed by atoms with Crippen LogP contribution in [-0.2, 0) is 4.74 Å². The molecule has 0 radical (unpaired) electrons. The van der Waals surface area contributed by atoms with E-state index in [9.17, 15) is 17.6 Å². The second-order valence-corrected chi connectivity index (χ2v) is 8.19. The highest BCUT2D eigenvalue weighted by Gasteiger charge is 2.41. The van der Waals surface area contributed by atoms with Crippen molar-refractivity contribution in [3.63, 3.8) is 0 Å². The summed E-state index contributed by atoms with van der Waals surface area (Å²) in [7, 11) is 0. The first-order chi connectivity index (χ1) is 15.4. The van der Waals surface area contributed by atoms with Crippen molar-refractivity contribution >= 4 is 17.3 Å². The van der Waals surface area contributed by atoms with Crippen molar-refractivity contribution in [2.24, 2.45) is 11.8 Å². The summed E-state index contributed by atoms with van der Waals surface area (Å²) in [6, 6.07) is 7.73. The highest BCUT2D eigenvalue weighted by Crippen LogP contribution is 2.39. The third-order valence-electron chi connectivity index (χ3n) is 5.98. The van der Waals surface area contributed by atoms with Gasteiger partial charge in [-0.05, 0) is 55.9 Å². The van der Waals surface area contributed by atoms with Crippen molar-refractivity contribution in [2.75, 3.05) is 43.1 Å². The average Bonchev–Trinajstić information content (AvgIpc) is 2.80. The lowest BCUT2D eigenvalue weighted by atomic mass is 9.82. The van der Waals surface area contributed by atoms with E-state index in [1.165, 1.54) is 0 Å². The lowest BCUT2D eigenvalue weighted by molar-refractivity contribution is -0.184. The Morgan fingerprint density at radius 2 is 1.75 bits per heavy atom. The number of anilines is 3. The van der Waals surface area contributed by atoms with Crippen molar-refractivity contribution in [2.45, 2.75) is 31.9 Å². The smallest absolute Gasteiger partial charge is 0.391 e. The fourth-order valence-electron chi connectivity index (χ4n) is 4.07. The standard InChI is InChI=1S/C22H26F4N4O2/c23-19-13-27-21(28-17-5-7-18(8-6-17)30-9-11-31-12-10-30)29-20(19)32-14-15-1-3-16(4-2-15)22(24,25)26/h5-8,13,15-16H,1-4,9-12,14H2,(H,27,28,29). The van der Waals surface area contributed by atoms with Crippen LogP contribution in [0.15, 0.2) is 30.5 Å². The van der Waals surface area contributed by atoms with Crippen LogP contribution in [0.5, 0.6) is 5.88 Å². The van der Waals surface area contributed by atoms with E-state index in [-0.39, 0.29) is 37.2 Å². The third-order valence-corrected chi connectivity index (χ3v) is 5.98. The largest absolute Gasteiger partial charge is 0.475 e. The monoisotopic (exact) mass is 454 g/mol. The molecule has 174 valence electrons. The van der Waals surface area contributed by atoms with Crippen molar-refractivity contribution in [3.8, 4) is 5.88 Å². The SMILES string of the molecule is Fc1cnc(Nc2ccc(N3CCOCC3)cc2)nc1OCC1CCC(C(F)(F)F)CC1. The molecule has 6 nitrogen and oxygen atoms in total. The summed E-state index contributed by atoms with van der Waals surface area (Å²) in [5.41, 5.74) is 1.83. The van der Waals surface area contributed by atoms with E-state index >= 15 is 0 Å². The molecule has 2 aromatic rings. The second-order valence-electron chi connectivity index (χ2n) is 8.19. The number of alkyl halides is 3. The normalized spacial score (nSPS) is 21.9. The molecule has 1 saturated heterocycles. The van der Waals surface area contributed by atoms with Crippen LogP contribution in [0.25, 0.3) is 0 Å². The van der Waals surface area contributed by atoms with Crippen LogP contribution >= 0.6 is 0 Å². The predicted molar refractivity (Wildman–Crippen MR) is 112 cm³/mol. The summed E-state index contributed by atoms with van der Waals surface area (Å²) in [5, 5.41) is 3.02. The number of nitrogens with zero attached hydrogens (tertiary/aromatic N) is 3. The van der Waals surface area contributed by atoms with Crippen LogP contribution in [0.4, 0.5) is 34.9 Å². The molecule has 1 N–H and O–H groups in total. The minimum atomic E-state index is -4.15. The van der Waals surface area contributed by atoms with Gasteiger partial charge < -0.3 is 19.7 Å². The van der Waals surface area contributed by atoms with Crippen molar-refractivity contribution in [3.05, 3.63) is 36.3 Å². The molecule has 1 aliphatic carbocycles. The van der Waals surface area contributed by atoms with E-state index in [0.717, 1.165) is 30.7 Å². The summed E-state index contributed by atoms with van der Waals surface area (Å²) in [6.45, 7) is 3.22. The van der Waals surface area contributed by atoms with Gasteiger partial charge in [0.2, 0.25) is 11.8 Å². The van der Waals surface area contributed by atoms with Crippen LogP contribution in [0.3, 0.4) is 0 Å². The van der Waals surface area contributed by atoms with Gasteiger partial charge in [0, 0.05) is 24.5 Å². The van der Waals surface area contributed by atoms with Gasteiger partial charge in [0.15, 0.2) is 0 Å². The van der Waals surface area contributed by atoms with E-state index < -0.39 is 17.9 Å². The zero-order chi connectivity index (χ0) is 22.6. The van der Waals surface area contributed by atoms with Crippen molar-refractivity contribution < 1.29 is 27.0 Å². The molecular formula is C22H26F4N4O2. The number of rotatable bonds is 6. The number of hydrogen-bond donors (Lipinski definition) is 1. The number of benzene rings is 1. The van der Waals surface area contributed by atoms with Crippen LogP contribution in [0.2, 0.25) is 0 Å². The van der Waals surface area contributed by atoms with Crippen LogP contribution in [0, 0.1) is 17.7 Å². The fourth-order valence-corrected chi connectivity index (χ4v) is 4.07. The Balaban J connectivity index is 1.32. The van der Waals surface area contributed by atoms with Gasteiger partial charge in [-0.25, -0.2) is 4.98 Å². The number of ether oxygens (including phenoxy) is 2. The van der Waals surface area contributed by atoms with Gasteiger partial charge in [0.25, 0.3) is 5.88 Å². The molecule has 2 heterocycles. The van der Waals surface area contributed by atoms with Gasteiger partial charge in [-0.2, -0.15) is 22.5 Å². The van der Waals surface area contributed by atoms with E-state index in [4.69, 9.17) is 9.47 Å². The zero-order valence-corrected chi connectivity index (χ0v) is 17.6. The van der Waals surface area contributed by atoms with Gasteiger partial charge in [0.05, 0.1) is 31.9 Å². The second kappa shape index (κ2) is 9.89. The maximum Gasteiger partial charge on any atom is 0.391 e. The van der Waals surface area contributed by atoms with Gasteiger partial charge >= 0.3 is 6.18 Å². The van der Waals surface area contributed by atoms with E-state index in [2.05, 4.69) is 20.2 Å². The molecule has 4 rings (SSSR count). The number of nitrogens with one attached hydrogen (secondary N) is 1. The first-order valence-corrected chi connectivity index (χ1v) is 10.8. The van der Waals surface area contributed by atoms with Crippen LogP contribution < -0.4 is 15.0 Å². The number of hydrogen-bond acceptors (Lipinski definition) is 6. The summed E-state index contributed by atoms with van der Waals surface area (Å²) in [5.74, 6) is -2.03. The zero-order valence-electron chi connectivity index (χ0n) is 17.6. The topological polar surface area (TPSA) is 59.5 Å². The third kappa shape index (κ3) is 5.79. The summed E-state index contributed by atoms with van der Waals surface area (Å²) in [6.07, 6.45) is -2.16. The fraction of sp³-hybridized carbons (Fsp3) is 0.545. The molecule has 1 aromatic carbocycles. The molecule has 0 bridgehead atoms. The van der Waals surface area contributed by atoms with Gasteiger partial charge in [-0.3, -0.25) is 0 Å². The van der Waals surface area contributed by atoms with Crippen molar-refractivity contribution in [1.82, 2.24) is 9.97 Å². The Labute approximate surface area is 183 Å². The minimum absolute atomic E-state index is 0.0490. The Kier molecular flexibility index (Phi) is 6.98. The molecule has 1 aromatic heterocycles. The highest BCUT2D eigenvalue weighted by molar-refractivity contribution is 5.59. The maximum absolute atomic E-state index is 14.1. The first-order valence-electron chi connectivity index (χ1n) is 10.8. The lowest BCUT2D eigenvalue weighted by Crippen LogP contribution is -2.36. The Morgan fingerprint density at radius 3 is 2.41 bits per heavy atom.